The zero-order valence-corrected chi connectivity index (χ0v) is 15.1. The molecule has 1 atom stereocenters. The molecule has 25 heavy (non-hydrogen) atoms. The SMILES string of the molecule is CC1CCc2sc(C(=O)N(C)c3ccc(OCC(=O)O)cc3)cc2C1. The number of carbonyl (C=O) groups excluding carboxylic acids is 1. The average molecular weight is 359 g/mol. The van der Waals surface area contributed by atoms with Crippen LogP contribution in [-0.2, 0) is 17.6 Å². The third-order valence-corrected chi connectivity index (χ3v) is 5.66. The Kier molecular flexibility index (Phi) is 5.08. The summed E-state index contributed by atoms with van der Waals surface area (Å²) in [6, 6.07) is 8.89. The van der Waals surface area contributed by atoms with Gasteiger partial charge >= 0.3 is 5.97 Å². The van der Waals surface area contributed by atoms with Crippen LogP contribution in [0, 0.1) is 5.92 Å². The van der Waals surface area contributed by atoms with Gasteiger partial charge in [-0.1, -0.05) is 6.92 Å². The summed E-state index contributed by atoms with van der Waals surface area (Å²) in [6.45, 7) is 1.87. The van der Waals surface area contributed by atoms with Crippen LogP contribution in [0.2, 0.25) is 0 Å². The second-order valence-electron chi connectivity index (χ2n) is 6.45. The predicted octanol–water partition coefficient (Wildman–Crippen LogP) is 3.61. The first-order valence-electron chi connectivity index (χ1n) is 8.28. The molecule has 0 spiro atoms. The number of hydrogen-bond acceptors (Lipinski definition) is 4. The molecule has 0 bridgehead atoms. The third-order valence-electron chi connectivity index (χ3n) is 4.43. The lowest BCUT2D eigenvalue weighted by Gasteiger charge is -2.17. The Morgan fingerprint density at radius 2 is 2.04 bits per heavy atom. The fraction of sp³-hybridized carbons (Fsp3) is 0.368. The van der Waals surface area contributed by atoms with Crippen molar-refractivity contribution in [3.8, 4) is 5.75 Å². The number of thiophene rings is 1. The number of nitrogens with zero attached hydrogens (tertiary/aromatic N) is 1. The lowest BCUT2D eigenvalue weighted by atomic mass is 9.90. The molecule has 1 amide bonds. The molecule has 132 valence electrons. The molecule has 0 aliphatic heterocycles. The minimum Gasteiger partial charge on any atom is -0.482 e. The van der Waals surface area contributed by atoms with Gasteiger partial charge in [0.15, 0.2) is 6.61 Å². The van der Waals surface area contributed by atoms with Gasteiger partial charge in [0.05, 0.1) is 4.88 Å². The number of aryl methyl sites for hydroxylation is 1. The number of hydrogen-bond donors (Lipinski definition) is 1. The van der Waals surface area contributed by atoms with Gasteiger partial charge in [0.25, 0.3) is 5.91 Å². The highest BCUT2D eigenvalue weighted by Gasteiger charge is 2.22. The van der Waals surface area contributed by atoms with Gasteiger partial charge in [-0.15, -0.1) is 11.3 Å². The van der Waals surface area contributed by atoms with E-state index in [4.69, 9.17) is 9.84 Å². The Labute approximate surface area is 150 Å². The Bertz CT molecular complexity index is 781. The second kappa shape index (κ2) is 7.27. The van der Waals surface area contributed by atoms with E-state index in [0.717, 1.165) is 23.4 Å². The van der Waals surface area contributed by atoms with E-state index in [1.54, 1.807) is 47.5 Å². The summed E-state index contributed by atoms with van der Waals surface area (Å²) in [6.07, 6.45) is 3.31. The Morgan fingerprint density at radius 1 is 1.32 bits per heavy atom. The normalized spacial score (nSPS) is 16.2. The molecule has 1 aromatic carbocycles. The maximum atomic E-state index is 12.8. The minimum absolute atomic E-state index is 0.0220. The fourth-order valence-electron chi connectivity index (χ4n) is 3.00. The molecule has 1 heterocycles. The van der Waals surface area contributed by atoms with E-state index in [1.165, 1.54) is 16.9 Å². The van der Waals surface area contributed by atoms with Crippen molar-refractivity contribution < 1.29 is 19.4 Å². The molecule has 6 heteroatoms. The molecule has 1 aliphatic carbocycles. The third kappa shape index (κ3) is 4.02. The van der Waals surface area contributed by atoms with Gasteiger partial charge in [-0.05, 0) is 61.1 Å². The summed E-state index contributed by atoms with van der Waals surface area (Å²) in [7, 11) is 1.75. The number of benzene rings is 1. The maximum absolute atomic E-state index is 12.8. The van der Waals surface area contributed by atoms with Crippen LogP contribution < -0.4 is 9.64 Å². The highest BCUT2D eigenvalue weighted by atomic mass is 32.1. The first kappa shape index (κ1) is 17.5. The molecule has 5 nitrogen and oxygen atoms in total. The van der Waals surface area contributed by atoms with Crippen LogP contribution in [0.15, 0.2) is 30.3 Å². The van der Waals surface area contributed by atoms with Gasteiger partial charge in [-0.2, -0.15) is 0 Å². The monoisotopic (exact) mass is 359 g/mol. The molecule has 1 aliphatic rings. The zero-order chi connectivity index (χ0) is 18.0. The molecule has 3 rings (SSSR count). The van der Waals surface area contributed by atoms with Crippen LogP contribution >= 0.6 is 11.3 Å². The number of carbonyl (C=O) groups is 2. The Hall–Kier alpha value is -2.34. The van der Waals surface area contributed by atoms with Crippen LogP contribution in [0.1, 0.15) is 33.5 Å². The molecule has 0 radical (unpaired) electrons. The van der Waals surface area contributed by atoms with Gasteiger partial charge in [0.2, 0.25) is 0 Å². The minimum atomic E-state index is -1.02. The van der Waals surface area contributed by atoms with Gasteiger partial charge in [-0.3, -0.25) is 4.79 Å². The summed E-state index contributed by atoms with van der Waals surface area (Å²) >= 11 is 1.60. The van der Waals surface area contributed by atoms with E-state index in [9.17, 15) is 9.59 Å². The molecular weight excluding hydrogens is 338 g/mol. The average Bonchev–Trinajstić information content (AvgIpc) is 3.02. The summed E-state index contributed by atoms with van der Waals surface area (Å²) < 4.78 is 5.11. The van der Waals surface area contributed by atoms with Gasteiger partial charge < -0.3 is 14.7 Å². The van der Waals surface area contributed by atoms with E-state index >= 15 is 0 Å². The second-order valence-corrected chi connectivity index (χ2v) is 7.58. The molecule has 1 unspecified atom stereocenters. The van der Waals surface area contributed by atoms with Crippen molar-refractivity contribution in [2.24, 2.45) is 5.92 Å². The number of carboxylic acids is 1. The first-order chi connectivity index (χ1) is 11.9. The molecule has 2 aromatic rings. The standard InChI is InChI=1S/C19H21NO4S/c1-12-3-8-16-13(9-12)10-17(25-16)19(23)20(2)14-4-6-15(7-5-14)24-11-18(21)22/h4-7,10,12H,3,8-9,11H2,1-2H3,(H,21,22). The molecule has 0 saturated heterocycles. The van der Waals surface area contributed by atoms with Crippen molar-refractivity contribution in [1.82, 2.24) is 0 Å². The zero-order valence-electron chi connectivity index (χ0n) is 14.3. The van der Waals surface area contributed by atoms with Crippen LogP contribution in [0.25, 0.3) is 0 Å². The molecule has 1 aromatic heterocycles. The number of anilines is 1. The summed E-state index contributed by atoms with van der Waals surface area (Å²) in [5.74, 6) is 0.104. The van der Waals surface area contributed by atoms with Crippen molar-refractivity contribution in [3.05, 3.63) is 45.6 Å². The van der Waals surface area contributed by atoms with Crippen molar-refractivity contribution in [1.29, 1.82) is 0 Å². The maximum Gasteiger partial charge on any atom is 0.341 e. The quantitative estimate of drug-likeness (QED) is 0.885. The van der Waals surface area contributed by atoms with Crippen LogP contribution in [0.4, 0.5) is 5.69 Å². The number of fused-ring (bicyclic) bond motifs is 1. The van der Waals surface area contributed by atoms with Gasteiger partial charge in [0.1, 0.15) is 5.75 Å². The number of ether oxygens (including phenoxy) is 1. The number of carboxylic acid groups (broad SMARTS) is 1. The molecule has 0 fully saturated rings. The number of amides is 1. The van der Waals surface area contributed by atoms with Crippen molar-refractivity contribution in [3.63, 3.8) is 0 Å². The van der Waals surface area contributed by atoms with Gasteiger partial charge in [-0.25, -0.2) is 4.79 Å². The van der Waals surface area contributed by atoms with Crippen LogP contribution in [-0.4, -0.2) is 30.6 Å². The highest BCUT2D eigenvalue weighted by molar-refractivity contribution is 7.14. The van der Waals surface area contributed by atoms with E-state index in [0.29, 0.717) is 11.7 Å². The molecular formula is C19H21NO4S. The summed E-state index contributed by atoms with van der Waals surface area (Å²) in [5.41, 5.74) is 2.06. The predicted molar refractivity (Wildman–Crippen MR) is 97.8 cm³/mol. The first-order valence-corrected chi connectivity index (χ1v) is 9.10. The number of aliphatic carboxylic acids is 1. The summed E-state index contributed by atoms with van der Waals surface area (Å²) in [5, 5.41) is 8.63. The van der Waals surface area contributed by atoms with E-state index in [-0.39, 0.29) is 12.5 Å². The lowest BCUT2D eigenvalue weighted by molar-refractivity contribution is -0.139. The van der Waals surface area contributed by atoms with Crippen molar-refractivity contribution in [2.75, 3.05) is 18.6 Å². The Balaban J connectivity index is 1.71. The van der Waals surface area contributed by atoms with E-state index in [2.05, 4.69) is 6.92 Å². The van der Waals surface area contributed by atoms with E-state index < -0.39 is 5.97 Å². The lowest BCUT2D eigenvalue weighted by Crippen LogP contribution is -2.25. The molecule has 0 saturated carbocycles. The highest BCUT2D eigenvalue weighted by Crippen LogP contribution is 2.33. The van der Waals surface area contributed by atoms with Crippen molar-refractivity contribution in [2.45, 2.75) is 26.2 Å². The van der Waals surface area contributed by atoms with Crippen molar-refractivity contribution >= 4 is 28.9 Å². The molecule has 1 N–H and O–H groups in total. The smallest absolute Gasteiger partial charge is 0.341 e. The largest absolute Gasteiger partial charge is 0.482 e. The fourth-order valence-corrected chi connectivity index (χ4v) is 4.19. The van der Waals surface area contributed by atoms with Crippen LogP contribution in [0.3, 0.4) is 0 Å². The van der Waals surface area contributed by atoms with Gasteiger partial charge in [0, 0.05) is 17.6 Å². The van der Waals surface area contributed by atoms with Crippen LogP contribution in [0.5, 0.6) is 5.75 Å². The van der Waals surface area contributed by atoms with E-state index in [1.807, 2.05) is 6.07 Å². The summed E-state index contributed by atoms with van der Waals surface area (Å²) in [4.78, 5) is 27.0. The Morgan fingerprint density at radius 3 is 2.72 bits per heavy atom. The topological polar surface area (TPSA) is 66.8 Å². The number of rotatable bonds is 5.